The third-order valence-corrected chi connectivity index (χ3v) is 5.53. The molecule has 0 spiro atoms. The zero-order valence-corrected chi connectivity index (χ0v) is 12.2. The summed E-state index contributed by atoms with van der Waals surface area (Å²) < 4.78 is 45.1. The molecule has 112 valence electrons. The van der Waals surface area contributed by atoms with Crippen molar-refractivity contribution in [1.29, 1.82) is 0 Å². The van der Waals surface area contributed by atoms with Gasteiger partial charge in [0.2, 0.25) is 10.0 Å². The average Bonchev–Trinajstić information content (AvgIpc) is 2.47. The van der Waals surface area contributed by atoms with Crippen LogP contribution in [0.1, 0.15) is 18.4 Å². The van der Waals surface area contributed by atoms with Crippen molar-refractivity contribution in [2.24, 2.45) is 5.73 Å². The maximum atomic E-state index is 13.4. The van der Waals surface area contributed by atoms with Crippen LogP contribution in [0.4, 0.5) is 4.39 Å². The highest BCUT2D eigenvalue weighted by atomic mass is 32.2. The molecule has 0 aromatic heterocycles. The number of hydrogen-bond acceptors (Lipinski definition) is 4. The summed E-state index contributed by atoms with van der Waals surface area (Å²) in [4.78, 5) is 0.0772. The third kappa shape index (κ3) is 3.01. The third-order valence-electron chi connectivity index (χ3n) is 3.62. The van der Waals surface area contributed by atoms with Crippen molar-refractivity contribution in [3.8, 4) is 0 Å². The Labute approximate surface area is 118 Å². The van der Waals surface area contributed by atoms with E-state index in [1.54, 1.807) is 7.05 Å². The van der Waals surface area contributed by atoms with E-state index in [4.69, 9.17) is 10.5 Å². The largest absolute Gasteiger partial charge is 0.381 e. The van der Waals surface area contributed by atoms with Gasteiger partial charge in [-0.25, -0.2) is 12.8 Å². The number of sulfonamides is 1. The Morgan fingerprint density at radius 2 is 2.05 bits per heavy atom. The summed E-state index contributed by atoms with van der Waals surface area (Å²) in [5.74, 6) is -0.486. The number of rotatable bonds is 4. The molecule has 2 rings (SSSR count). The van der Waals surface area contributed by atoms with E-state index < -0.39 is 15.8 Å². The minimum atomic E-state index is -3.63. The molecule has 1 aliphatic rings. The lowest BCUT2D eigenvalue weighted by molar-refractivity contribution is 0.0632. The van der Waals surface area contributed by atoms with Gasteiger partial charge in [-0.2, -0.15) is 4.31 Å². The van der Waals surface area contributed by atoms with Crippen molar-refractivity contribution in [2.45, 2.75) is 30.3 Å². The lowest BCUT2D eigenvalue weighted by Crippen LogP contribution is -2.40. The zero-order chi connectivity index (χ0) is 14.8. The van der Waals surface area contributed by atoms with E-state index in [2.05, 4.69) is 0 Å². The molecule has 2 N–H and O–H groups in total. The molecule has 1 aromatic rings. The Morgan fingerprint density at radius 1 is 1.40 bits per heavy atom. The second-order valence-corrected chi connectivity index (χ2v) is 6.82. The molecular formula is C13H19FN2O3S. The quantitative estimate of drug-likeness (QED) is 0.903. The van der Waals surface area contributed by atoms with Crippen LogP contribution < -0.4 is 5.73 Å². The number of halogens is 1. The van der Waals surface area contributed by atoms with Crippen molar-refractivity contribution in [3.63, 3.8) is 0 Å². The van der Waals surface area contributed by atoms with Crippen LogP contribution in [0.3, 0.4) is 0 Å². The Kier molecular flexibility index (Phi) is 4.74. The molecule has 20 heavy (non-hydrogen) atoms. The van der Waals surface area contributed by atoms with E-state index in [0.29, 0.717) is 26.1 Å². The van der Waals surface area contributed by atoms with E-state index in [0.717, 1.165) is 6.07 Å². The molecule has 0 bridgehead atoms. The Morgan fingerprint density at radius 3 is 2.65 bits per heavy atom. The normalized spacial score (nSPS) is 17.6. The maximum Gasteiger partial charge on any atom is 0.243 e. The van der Waals surface area contributed by atoms with E-state index in [1.807, 2.05) is 0 Å². The molecule has 0 saturated carbocycles. The molecule has 0 aliphatic carbocycles. The summed E-state index contributed by atoms with van der Waals surface area (Å²) in [7, 11) is -2.08. The first kappa shape index (κ1) is 15.4. The zero-order valence-electron chi connectivity index (χ0n) is 11.4. The summed E-state index contributed by atoms with van der Waals surface area (Å²) in [6, 6.07) is 3.65. The van der Waals surface area contributed by atoms with Crippen molar-refractivity contribution < 1.29 is 17.5 Å². The molecule has 1 aliphatic heterocycles. The first-order valence-corrected chi connectivity index (χ1v) is 7.95. The number of nitrogens with zero attached hydrogens (tertiary/aromatic N) is 1. The predicted molar refractivity (Wildman–Crippen MR) is 73.1 cm³/mol. The molecule has 1 fully saturated rings. The van der Waals surface area contributed by atoms with Crippen molar-refractivity contribution in [1.82, 2.24) is 4.31 Å². The molecule has 0 radical (unpaired) electrons. The summed E-state index contributed by atoms with van der Waals surface area (Å²) in [6.45, 7) is 1.08. The van der Waals surface area contributed by atoms with Gasteiger partial charge in [0.05, 0.1) is 4.90 Å². The fourth-order valence-corrected chi connectivity index (χ4v) is 3.75. The summed E-state index contributed by atoms with van der Waals surface area (Å²) >= 11 is 0. The van der Waals surface area contributed by atoms with E-state index in [1.165, 1.54) is 16.4 Å². The van der Waals surface area contributed by atoms with Gasteiger partial charge in [0.25, 0.3) is 0 Å². The molecule has 1 saturated heterocycles. The lowest BCUT2D eigenvalue weighted by Gasteiger charge is -2.30. The van der Waals surface area contributed by atoms with E-state index in [9.17, 15) is 12.8 Å². The van der Waals surface area contributed by atoms with Gasteiger partial charge < -0.3 is 10.5 Å². The minimum Gasteiger partial charge on any atom is -0.381 e. The van der Waals surface area contributed by atoms with Crippen molar-refractivity contribution in [3.05, 3.63) is 29.6 Å². The van der Waals surface area contributed by atoms with Gasteiger partial charge in [0.1, 0.15) is 5.82 Å². The number of benzene rings is 1. The molecule has 1 aromatic carbocycles. The van der Waals surface area contributed by atoms with Crippen LogP contribution >= 0.6 is 0 Å². The molecule has 1 heterocycles. The van der Waals surface area contributed by atoms with Gasteiger partial charge in [-0.15, -0.1) is 0 Å². The first-order valence-electron chi connectivity index (χ1n) is 6.51. The number of ether oxygens (including phenoxy) is 1. The van der Waals surface area contributed by atoms with Gasteiger partial charge in [-0.3, -0.25) is 0 Å². The summed E-state index contributed by atoms with van der Waals surface area (Å²) in [5.41, 5.74) is 5.62. The van der Waals surface area contributed by atoms with Crippen LogP contribution in [0.5, 0.6) is 0 Å². The van der Waals surface area contributed by atoms with Crippen LogP contribution in [0.15, 0.2) is 23.1 Å². The molecule has 0 unspecified atom stereocenters. The number of nitrogens with two attached hydrogens (primary N) is 1. The molecule has 5 nitrogen and oxygen atoms in total. The second kappa shape index (κ2) is 6.17. The molecule has 7 heteroatoms. The standard InChI is InChI=1S/C13H19FN2O3S/c1-16(11-4-6-19-7-5-11)20(17,18)12-2-3-13(14)10(8-12)9-15/h2-3,8,11H,4-7,9,15H2,1H3. The smallest absolute Gasteiger partial charge is 0.243 e. The SMILES string of the molecule is CN(C1CCOCC1)S(=O)(=O)c1ccc(F)c(CN)c1. The van der Waals surface area contributed by atoms with Crippen molar-refractivity contribution in [2.75, 3.05) is 20.3 Å². The van der Waals surface area contributed by atoms with Crippen LogP contribution in [0.2, 0.25) is 0 Å². The van der Waals surface area contributed by atoms with Gasteiger partial charge in [-0.05, 0) is 31.0 Å². The van der Waals surface area contributed by atoms with E-state index in [-0.39, 0.29) is 23.0 Å². The van der Waals surface area contributed by atoms with Gasteiger partial charge in [0, 0.05) is 38.4 Å². The number of hydrogen-bond donors (Lipinski definition) is 1. The Balaban J connectivity index is 2.29. The maximum absolute atomic E-state index is 13.4. The van der Waals surface area contributed by atoms with E-state index >= 15 is 0 Å². The highest BCUT2D eigenvalue weighted by Gasteiger charge is 2.29. The molecule has 0 amide bonds. The van der Waals surface area contributed by atoms with Gasteiger partial charge >= 0.3 is 0 Å². The Hall–Kier alpha value is -1.02. The predicted octanol–water partition coefficient (Wildman–Crippen LogP) is 1.08. The second-order valence-electron chi connectivity index (χ2n) is 4.82. The fourth-order valence-electron chi connectivity index (χ4n) is 2.28. The Bertz CT molecular complexity index is 571. The molecule has 0 atom stereocenters. The highest BCUT2D eigenvalue weighted by Crippen LogP contribution is 2.23. The fraction of sp³-hybridized carbons (Fsp3) is 0.538. The van der Waals surface area contributed by atoms with Gasteiger partial charge in [-0.1, -0.05) is 0 Å². The summed E-state index contributed by atoms with van der Waals surface area (Å²) in [6.07, 6.45) is 1.33. The van der Waals surface area contributed by atoms with Crippen LogP contribution in [-0.4, -0.2) is 39.0 Å². The minimum absolute atomic E-state index is 0.0316. The van der Waals surface area contributed by atoms with Crippen LogP contribution in [-0.2, 0) is 21.3 Å². The van der Waals surface area contributed by atoms with Crippen LogP contribution in [0, 0.1) is 5.82 Å². The average molecular weight is 302 g/mol. The van der Waals surface area contributed by atoms with Gasteiger partial charge in [0.15, 0.2) is 0 Å². The highest BCUT2D eigenvalue weighted by molar-refractivity contribution is 7.89. The topological polar surface area (TPSA) is 72.6 Å². The lowest BCUT2D eigenvalue weighted by atomic mass is 10.1. The first-order chi connectivity index (χ1) is 9.46. The van der Waals surface area contributed by atoms with Crippen molar-refractivity contribution >= 4 is 10.0 Å². The summed E-state index contributed by atoms with van der Waals surface area (Å²) in [5, 5.41) is 0. The molecular weight excluding hydrogens is 283 g/mol. The van der Waals surface area contributed by atoms with Crippen LogP contribution in [0.25, 0.3) is 0 Å². The monoisotopic (exact) mass is 302 g/mol.